The van der Waals surface area contributed by atoms with Gasteiger partial charge in [-0.2, -0.15) is 13.2 Å². The highest BCUT2D eigenvalue weighted by molar-refractivity contribution is 9.10. The summed E-state index contributed by atoms with van der Waals surface area (Å²) in [5, 5.41) is 2.36. The van der Waals surface area contributed by atoms with E-state index in [0.717, 1.165) is 28.6 Å². The van der Waals surface area contributed by atoms with Crippen LogP contribution in [0.1, 0.15) is 22.8 Å². The molecule has 0 heterocycles. The number of alkyl halides is 3. The van der Waals surface area contributed by atoms with Crippen molar-refractivity contribution < 1.29 is 31.1 Å². The molecule has 0 saturated carbocycles. The molecular formula is C18H18BrF3N2O4S. The molecule has 0 spiro atoms. The maximum Gasteiger partial charge on any atom is 0.416 e. The number of amides is 1. The molecule has 0 atom stereocenters. The molecule has 0 radical (unpaired) electrons. The SMILES string of the molecule is CCOc1ccc(C(F)(F)F)cc1NC(=O)c1ccc(Br)c(S(=O)(=O)N(C)C)c1. The van der Waals surface area contributed by atoms with Crippen LogP contribution in [-0.4, -0.2) is 39.3 Å². The zero-order valence-electron chi connectivity index (χ0n) is 15.7. The summed E-state index contributed by atoms with van der Waals surface area (Å²) in [6, 6.07) is 6.60. The maximum absolute atomic E-state index is 13.0. The van der Waals surface area contributed by atoms with Gasteiger partial charge in [0.15, 0.2) is 0 Å². The van der Waals surface area contributed by atoms with Gasteiger partial charge in [0.1, 0.15) is 5.75 Å². The zero-order chi connectivity index (χ0) is 22.0. The molecule has 2 rings (SSSR count). The van der Waals surface area contributed by atoms with E-state index < -0.39 is 27.7 Å². The Morgan fingerprint density at radius 3 is 2.38 bits per heavy atom. The molecule has 11 heteroatoms. The first-order valence-electron chi connectivity index (χ1n) is 8.25. The molecule has 1 amide bonds. The Morgan fingerprint density at radius 2 is 1.83 bits per heavy atom. The predicted octanol–water partition coefficient (Wildman–Crippen LogP) is 4.37. The number of ether oxygens (including phenoxy) is 1. The van der Waals surface area contributed by atoms with E-state index in [9.17, 15) is 26.4 Å². The molecule has 6 nitrogen and oxygen atoms in total. The summed E-state index contributed by atoms with van der Waals surface area (Å²) >= 11 is 3.13. The highest BCUT2D eigenvalue weighted by Gasteiger charge is 2.31. The fraction of sp³-hybridized carbons (Fsp3) is 0.278. The number of nitrogens with one attached hydrogen (secondary N) is 1. The van der Waals surface area contributed by atoms with Crippen LogP contribution in [0.5, 0.6) is 5.75 Å². The van der Waals surface area contributed by atoms with Crippen LogP contribution in [0, 0.1) is 0 Å². The van der Waals surface area contributed by atoms with Gasteiger partial charge in [-0.1, -0.05) is 0 Å². The predicted molar refractivity (Wildman–Crippen MR) is 106 cm³/mol. The number of rotatable bonds is 6. The molecule has 0 unspecified atom stereocenters. The molecular weight excluding hydrogens is 477 g/mol. The van der Waals surface area contributed by atoms with E-state index in [0.29, 0.717) is 0 Å². The number of nitrogens with zero attached hydrogens (tertiary/aromatic N) is 1. The lowest BCUT2D eigenvalue weighted by atomic mass is 10.1. The summed E-state index contributed by atoms with van der Waals surface area (Å²) in [6.07, 6.45) is -4.60. The Labute approximate surface area is 174 Å². The van der Waals surface area contributed by atoms with E-state index in [4.69, 9.17) is 4.74 Å². The molecule has 2 aromatic rings. The van der Waals surface area contributed by atoms with Gasteiger partial charge in [-0.25, -0.2) is 12.7 Å². The molecule has 2 aromatic carbocycles. The van der Waals surface area contributed by atoms with Gasteiger partial charge in [0.05, 0.1) is 22.8 Å². The number of hydrogen-bond donors (Lipinski definition) is 1. The average Bonchev–Trinajstić information content (AvgIpc) is 2.62. The third kappa shape index (κ3) is 5.28. The van der Waals surface area contributed by atoms with Crippen molar-refractivity contribution in [3.8, 4) is 5.75 Å². The Bertz CT molecular complexity index is 1020. The fourth-order valence-electron chi connectivity index (χ4n) is 2.32. The Balaban J connectivity index is 2.45. The van der Waals surface area contributed by atoms with Gasteiger partial charge in [0, 0.05) is 24.1 Å². The molecule has 0 aliphatic carbocycles. The summed E-state index contributed by atoms with van der Waals surface area (Å²) in [5.74, 6) is -0.722. The van der Waals surface area contributed by atoms with Crippen LogP contribution < -0.4 is 10.1 Å². The van der Waals surface area contributed by atoms with E-state index in [1.165, 1.54) is 26.2 Å². The largest absolute Gasteiger partial charge is 0.492 e. The first-order chi connectivity index (χ1) is 13.4. The normalized spacial score (nSPS) is 12.1. The lowest BCUT2D eigenvalue weighted by molar-refractivity contribution is -0.137. The van der Waals surface area contributed by atoms with E-state index in [-0.39, 0.29) is 33.0 Å². The molecule has 0 saturated heterocycles. The molecule has 0 aromatic heterocycles. The molecule has 29 heavy (non-hydrogen) atoms. The molecule has 158 valence electrons. The molecule has 0 fully saturated rings. The summed E-state index contributed by atoms with van der Waals surface area (Å²) in [7, 11) is -1.17. The highest BCUT2D eigenvalue weighted by atomic mass is 79.9. The van der Waals surface area contributed by atoms with Gasteiger partial charge in [0.25, 0.3) is 5.91 Å². The second kappa shape index (κ2) is 8.72. The van der Waals surface area contributed by atoms with E-state index in [2.05, 4.69) is 21.2 Å². The van der Waals surface area contributed by atoms with Gasteiger partial charge >= 0.3 is 6.18 Å². The second-order valence-corrected chi connectivity index (χ2v) is 9.00. The van der Waals surface area contributed by atoms with Crippen molar-refractivity contribution in [2.24, 2.45) is 0 Å². The number of sulfonamides is 1. The summed E-state index contributed by atoms with van der Waals surface area (Å²) in [5.41, 5.74) is -1.18. The van der Waals surface area contributed by atoms with Gasteiger partial charge in [-0.05, 0) is 59.3 Å². The Kier molecular flexibility index (Phi) is 6.97. The number of anilines is 1. The maximum atomic E-state index is 13.0. The Hall–Kier alpha value is -2.11. The molecule has 0 aliphatic rings. The number of benzene rings is 2. The van der Waals surface area contributed by atoms with Crippen LogP contribution in [0.25, 0.3) is 0 Å². The summed E-state index contributed by atoms with van der Waals surface area (Å²) in [4.78, 5) is 12.5. The van der Waals surface area contributed by atoms with Gasteiger partial charge in [0.2, 0.25) is 10.0 Å². The van der Waals surface area contributed by atoms with Crippen LogP contribution >= 0.6 is 15.9 Å². The van der Waals surface area contributed by atoms with Crippen molar-refractivity contribution >= 4 is 37.5 Å². The molecule has 0 aliphatic heterocycles. The van der Waals surface area contributed by atoms with Crippen molar-refractivity contribution in [2.45, 2.75) is 18.0 Å². The molecule has 1 N–H and O–H groups in total. The van der Waals surface area contributed by atoms with Crippen molar-refractivity contribution in [2.75, 3.05) is 26.0 Å². The minimum absolute atomic E-state index is 0.0477. The van der Waals surface area contributed by atoms with Crippen molar-refractivity contribution in [3.05, 3.63) is 52.0 Å². The third-order valence-electron chi connectivity index (χ3n) is 3.81. The number of carbonyl (C=O) groups excluding carboxylic acids is 1. The topological polar surface area (TPSA) is 75.7 Å². The van der Waals surface area contributed by atoms with Crippen molar-refractivity contribution in [1.82, 2.24) is 4.31 Å². The van der Waals surface area contributed by atoms with Crippen LogP contribution in [-0.2, 0) is 16.2 Å². The van der Waals surface area contributed by atoms with Crippen molar-refractivity contribution in [3.63, 3.8) is 0 Å². The lowest BCUT2D eigenvalue weighted by Crippen LogP contribution is -2.23. The summed E-state index contributed by atoms with van der Waals surface area (Å²) in [6.45, 7) is 1.83. The third-order valence-corrected chi connectivity index (χ3v) is 6.62. The zero-order valence-corrected chi connectivity index (χ0v) is 18.1. The number of halogens is 4. The standard InChI is InChI=1S/C18H18BrF3N2O4S/c1-4-28-15-8-6-12(18(20,21)22)10-14(15)23-17(25)11-5-7-13(19)16(9-11)29(26,27)24(2)3/h5-10H,4H2,1-3H3,(H,23,25). The minimum atomic E-state index is -4.60. The van der Waals surface area contributed by atoms with Crippen LogP contribution in [0.2, 0.25) is 0 Å². The summed E-state index contributed by atoms with van der Waals surface area (Å²) < 4.78 is 70.4. The van der Waals surface area contributed by atoms with Crippen LogP contribution in [0.4, 0.5) is 18.9 Å². The number of carbonyl (C=O) groups is 1. The van der Waals surface area contributed by atoms with Crippen LogP contribution in [0.3, 0.4) is 0 Å². The lowest BCUT2D eigenvalue weighted by Gasteiger charge is -2.16. The quantitative estimate of drug-likeness (QED) is 0.646. The van der Waals surface area contributed by atoms with Gasteiger partial charge < -0.3 is 10.1 Å². The number of hydrogen-bond acceptors (Lipinski definition) is 4. The van der Waals surface area contributed by atoms with E-state index >= 15 is 0 Å². The fourth-order valence-corrected chi connectivity index (χ4v) is 4.16. The van der Waals surface area contributed by atoms with Crippen molar-refractivity contribution in [1.29, 1.82) is 0 Å². The first kappa shape index (κ1) is 23.2. The van der Waals surface area contributed by atoms with Gasteiger partial charge in [-0.15, -0.1) is 0 Å². The van der Waals surface area contributed by atoms with E-state index in [1.807, 2.05) is 0 Å². The van der Waals surface area contributed by atoms with E-state index in [1.54, 1.807) is 6.92 Å². The van der Waals surface area contributed by atoms with Crippen LogP contribution in [0.15, 0.2) is 45.8 Å². The second-order valence-electron chi connectivity index (χ2n) is 6.03. The smallest absolute Gasteiger partial charge is 0.416 e. The minimum Gasteiger partial charge on any atom is -0.492 e. The van der Waals surface area contributed by atoms with Gasteiger partial charge in [-0.3, -0.25) is 4.79 Å². The Morgan fingerprint density at radius 1 is 1.17 bits per heavy atom. The first-order valence-corrected chi connectivity index (χ1v) is 10.5. The monoisotopic (exact) mass is 494 g/mol. The molecule has 0 bridgehead atoms. The average molecular weight is 495 g/mol. The highest BCUT2D eigenvalue weighted by Crippen LogP contribution is 2.35.